The second-order valence-electron chi connectivity index (χ2n) is 3.98. The highest BCUT2D eigenvalue weighted by Gasteiger charge is 2.29. The Kier molecular flexibility index (Phi) is 5.70. The summed E-state index contributed by atoms with van der Waals surface area (Å²) in [4.78, 5) is 21.5. The van der Waals surface area contributed by atoms with E-state index in [-0.39, 0.29) is 10.6 Å². The lowest BCUT2D eigenvalue weighted by Gasteiger charge is -2.15. The van der Waals surface area contributed by atoms with Crippen molar-refractivity contribution >= 4 is 37.8 Å². The Bertz CT molecular complexity index is 661. The molecule has 0 saturated heterocycles. The van der Waals surface area contributed by atoms with Gasteiger partial charge in [0.15, 0.2) is 0 Å². The van der Waals surface area contributed by atoms with Crippen LogP contribution in [0.2, 0.25) is 0 Å². The molecule has 0 aliphatic heterocycles. The SMILES string of the molecule is COc1ccc(Br)cc1S(=O)(=O)N[C@H](CC(N)=O)C(=O)O. The molecule has 10 heteroatoms. The Morgan fingerprint density at radius 3 is 2.57 bits per heavy atom. The molecule has 0 fully saturated rings. The third kappa shape index (κ3) is 4.69. The number of methoxy groups -OCH3 is 1. The van der Waals surface area contributed by atoms with Crippen molar-refractivity contribution in [3.8, 4) is 5.75 Å². The van der Waals surface area contributed by atoms with Gasteiger partial charge in [0, 0.05) is 4.47 Å². The Morgan fingerprint density at radius 1 is 1.48 bits per heavy atom. The number of carboxylic acids is 1. The Balaban J connectivity index is 3.18. The number of carbonyl (C=O) groups is 2. The highest BCUT2D eigenvalue weighted by Crippen LogP contribution is 2.27. The molecule has 0 radical (unpaired) electrons. The number of carboxylic acid groups (broad SMARTS) is 1. The fourth-order valence-electron chi connectivity index (χ4n) is 1.49. The van der Waals surface area contributed by atoms with Crippen LogP contribution in [0.25, 0.3) is 0 Å². The van der Waals surface area contributed by atoms with Crippen LogP contribution in [0.3, 0.4) is 0 Å². The molecule has 0 aliphatic rings. The van der Waals surface area contributed by atoms with E-state index in [4.69, 9.17) is 15.6 Å². The monoisotopic (exact) mass is 380 g/mol. The minimum absolute atomic E-state index is 0.0360. The predicted molar refractivity (Wildman–Crippen MR) is 76.3 cm³/mol. The van der Waals surface area contributed by atoms with E-state index >= 15 is 0 Å². The zero-order valence-corrected chi connectivity index (χ0v) is 13.3. The van der Waals surface area contributed by atoms with Gasteiger partial charge >= 0.3 is 5.97 Å². The fourth-order valence-corrected chi connectivity index (χ4v) is 3.39. The molecule has 0 bridgehead atoms. The van der Waals surface area contributed by atoms with E-state index in [0.29, 0.717) is 4.47 Å². The molecular weight excluding hydrogens is 368 g/mol. The van der Waals surface area contributed by atoms with Gasteiger partial charge < -0.3 is 15.6 Å². The van der Waals surface area contributed by atoms with Crippen molar-refractivity contribution in [1.82, 2.24) is 4.72 Å². The molecule has 0 aromatic heterocycles. The Labute approximate surface area is 129 Å². The van der Waals surface area contributed by atoms with Gasteiger partial charge in [-0.05, 0) is 18.2 Å². The molecule has 0 heterocycles. The van der Waals surface area contributed by atoms with Crippen LogP contribution in [0.5, 0.6) is 5.75 Å². The van der Waals surface area contributed by atoms with E-state index in [2.05, 4.69) is 15.9 Å². The minimum Gasteiger partial charge on any atom is -0.495 e. The van der Waals surface area contributed by atoms with E-state index < -0.39 is 34.4 Å². The van der Waals surface area contributed by atoms with Gasteiger partial charge in [-0.2, -0.15) is 4.72 Å². The molecule has 1 atom stereocenters. The summed E-state index contributed by atoms with van der Waals surface area (Å²) < 4.78 is 31.8. The fraction of sp³-hybridized carbons (Fsp3) is 0.273. The van der Waals surface area contributed by atoms with Crippen LogP contribution in [0.15, 0.2) is 27.6 Å². The topological polar surface area (TPSA) is 136 Å². The summed E-state index contributed by atoms with van der Waals surface area (Å²) in [7, 11) is -2.93. The minimum atomic E-state index is -4.21. The van der Waals surface area contributed by atoms with Crippen LogP contribution in [0.4, 0.5) is 0 Å². The van der Waals surface area contributed by atoms with Crippen molar-refractivity contribution in [3.63, 3.8) is 0 Å². The summed E-state index contributed by atoms with van der Waals surface area (Å²) in [5.41, 5.74) is 4.90. The number of benzene rings is 1. The van der Waals surface area contributed by atoms with Gasteiger partial charge in [0.25, 0.3) is 0 Å². The third-order valence-electron chi connectivity index (χ3n) is 2.42. The summed E-state index contributed by atoms with van der Waals surface area (Å²) >= 11 is 3.12. The first-order chi connectivity index (χ1) is 9.67. The molecule has 0 saturated carbocycles. The summed E-state index contributed by atoms with van der Waals surface area (Å²) in [5, 5.41) is 8.94. The second-order valence-corrected chi connectivity index (χ2v) is 6.58. The van der Waals surface area contributed by atoms with Crippen molar-refractivity contribution < 1.29 is 27.9 Å². The van der Waals surface area contributed by atoms with Crippen molar-refractivity contribution in [3.05, 3.63) is 22.7 Å². The van der Waals surface area contributed by atoms with Crippen LogP contribution < -0.4 is 15.2 Å². The molecule has 1 aromatic rings. The molecule has 0 unspecified atom stereocenters. The van der Waals surface area contributed by atoms with Crippen molar-refractivity contribution in [2.45, 2.75) is 17.4 Å². The first-order valence-corrected chi connectivity index (χ1v) is 7.82. The highest BCUT2D eigenvalue weighted by atomic mass is 79.9. The molecule has 0 aliphatic carbocycles. The van der Waals surface area contributed by atoms with Gasteiger partial charge in [0.2, 0.25) is 15.9 Å². The number of primary amides is 1. The van der Waals surface area contributed by atoms with E-state index in [1.807, 2.05) is 4.72 Å². The summed E-state index contributed by atoms with van der Waals surface area (Å²) in [6, 6.07) is 2.57. The van der Waals surface area contributed by atoms with Gasteiger partial charge in [-0.25, -0.2) is 8.42 Å². The lowest BCUT2D eigenvalue weighted by Crippen LogP contribution is -2.43. The van der Waals surface area contributed by atoms with E-state index in [1.165, 1.54) is 19.2 Å². The molecule has 8 nitrogen and oxygen atoms in total. The van der Waals surface area contributed by atoms with E-state index in [1.54, 1.807) is 6.07 Å². The molecular formula is C11H13BrN2O6S. The zero-order chi connectivity index (χ0) is 16.2. The summed E-state index contributed by atoms with van der Waals surface area (Å²) in [6.07, 6.45) is -0.662. The normalized spacial score (nSPS) is 12.7. The number of hydrogen-bond donors (Lipinski definition) is 3. The molecule has 4 N–H and O–H groups in total. The van der Waals surface area contributed by atoms with Crippen molar-refractivity contribution in [1.29, 1.82) is 0 Å². The number of sulfonamides is 1. The Morgan fingerprint density at radius 2 is 2.10 bits per heavy atom. The predicted octanol–water partition coefficient (Wildman–Crippen LogP) is 0.0646. The van der Waals surface area contributed by atoms with Gasteiger partial charge in [-0.1, -0.05) is 15.9 Å². The van der Waals surface area contributed by atoms with Crippen LogP contribution in [-0.4, -0.2) is 38.6 Å². The number of rotatable bonds is 7. The maximum Gasteiger partial charge on any atom is 0.322 e. The molecule has 0 spiro atoms. The molecule has 116 valence electrons. The average molecular weight is 381 g/mol. The second kappa shape index (κ2) is 6.87. The number of nitrogens with one attached hydrogen (secondary N) is 1. The van der Waals surface area contributed by atoms with Gasteiger partial charge in [-0.15, -0.1) is 0 Å². The summed E-state index contributed by atoms with van der Waals surface area (Å²) in [5.74, 6) is -2.41. The van der Waals surface area contributed by atoms with E-state index in [0.717, 1.165) is 0 Å². The number of aliphatic carboxylic acids is 1. The van der Waals surface area contributed by atoms with Crippen LogP contribution in [-0.2, 0) is 19.6 Å². The number of ether oxygens (including phenoxy) is 1. The third-order valence-corrected chi connectivity index (χ3v) is 4.40. The van der Waals surface area contributed by atoms with Crippen LogP contribution in [0, 0.1) is 0 Å². The smallest absolute Gasteiger partial charge is 0.322 e. The maximum atomic E-state index is 12.2. The van der Waals surface area contributed by atoms with Crippen LogP contribution in [0.1, 0.15) is 6.42 Å². The number of carbonyl (C=O) groups excluding carboxylic acids is 1. The lowest BCUT2D eigenvalue weighted by atomic mass is 10.2. The van der Waals surface area contributed by atoms with Gasteiger partial charge in [0.05, 0.1) is 13.5 Å². The number of nitrogens with two attached hydrogens (primary N) is 1. The standard InChI is InChI=1S/C11H13BrN2O6S/c1-20-8-3-2-6(12)4-9(8)21(18,19)14-7(11(16)17)5-10(13)15/h2-4,7,14H,5H2,1H3,(H2,13,15)(H,16,17)/t7-/m1/s1. The van der Waals surface area contributed by atoms with Crippen molar-refractivity contribution in [2.75, 3.05) is 7.11 Å². The Hall–Kier alpha value is -1.65. The van der Waals surface area contributed by atoms with Gasteiger partial charge in [0.1, 0.15) is 16.7 Å². The highest BCUT2D eigenvalue weighted by molar-refractivity contribution is 9.10. The first-order valence-electron chi connectivity index (χ1n) is 5.54. The zero-order valence-electron chi connectivity index (χ0n) is 10.9. The molecule has 1 rings (SSSR count). The van der Waals surface area contributed by atoms with Crippen molar-refractivity contribution in [2.24, 2.45) is 5.73 Å². The largest absolute Gasteiger partial charge is 0.495 e. The lowest BCUT2D eigenvalue weighted by molar-refractivity contribution is -0.140. The first kappa shape index (κ1) is 17.4. The summed E-state index contributed by atoms with van der Waals surface area (Å²) in [6.45, 7) is 0. The molecule has 1 aromatic carbocycles. The number of amides is 1. The maximum absolute atomic E-state index is 12.2. The molecule has 21 heavy (non-hydrogen) atoms. The molecule has 1 amide bonds. The number of hydrogen-bond acceptors (Lipinski definition) is 5. The number of halogens is 1. The average Bonchev–Trinajstić information content (AvgIpc) is 2.37. The quantitative estimate of drug-likeness (QED) is 0.611. The van der Waals surface area contributed by atoms with Crippen LogP contribution >= 0.6 is 15.9 Å². The van der Waals surface area contributed by atoms with Gasteiger partial charge in [-0.3, -0.25) is 9.59 Å². The van der Waals surface area contributed by atoms with E-state index in [9.17, 15) is 18.0 Å².